The van der Waals surface area contributed by atoms with E-state index in [1.54, 1.807) is 25.2 Å². The molecule has 2 aromatic rings. The number of benzene rings is 2. The molecule has 5 heteroatoms. The maximum absolute atomic E-state index is 12.6. The van der Waals surface area contributed by atoms with E-state index in [-0.39, 0.29) is 0 Å². The smallest absolute Gasteiger partial charge is 0.262 e. The number of aryl methyl sites for hydroxylation is 2. The Kier molecular flexibility index (Phi) is 4.65. The first-order chi connectivity index (χ1) is 9.94. The van der Waals surface area contributed by atoms with Crippen LogP contribution in [0, 0.1) is 13.8 Å². The second-order valence-electron chi connectivity index (χ2n) is 5.06. The van der Waals surface area contributed by atoms with Crippen molar-refractivity contribution in [2.75, 3.05) is 11.8 Å². The lowest BCUT2D eigenvalue weighted by atomic mass is 10.1. The number of rotatable bonds is 5. The van der Waals surface area contributed by atoms with Crippen molar-refractivity contribution in [2.45, 2.75) is 25.3 Å². The number of hydrogen-bond acceptors (Lipinski definition) is 3. The molecule has 0 aliphatic rings. The molecule has 21 heavy (non-hydrogen) atoms. The minimum atomic E-state index is -3.59. The Hall–Kier alpha value is -1.85. The van der Waals surface area contributed by atoms with Gasteiger partial charge >= 0.3 is 0 Å². The lowest BCUT2D eigenvalue weighted by Gasteiger charge is -2.14. The molecule has 0 unspecified atom stereocenters. The fourth-order valence-electron chi connectivity index (χ4n) is 2.23. The summed E-state index contributed by atoms with van der Waals surface area (Å²) in [5, 5.41) is 2.99. The highest BCUT2D eigenvalue weighted by Crippen LogP contribution is 2.22. The molecule has 2 aromatic carbocycles. The van der Waals surface area contributed by atoms with E-state index in [4.69, 9.17) is 0 Å². The van der Waals surface area contributed by atoms with Gasteiger partial charge in [0.25, 0.3) is 10.0 Å². The summed E-state index contributed by atoms with van der Waals surface area (Å²) < 4.78 is 27.9. The fraction of sp³-hybridized carbons (Fsp3) is 0.250. The fourth-order valence-corrected chi connectivity index (χ4v) is 3.60. The van der Waals surface area contributed by atoms with Crippen molar-refractivity contribution in [3.8, 4) is 0 Å². The van der Waals surface area contributed by atoms with Crippen molar-refractivity contribution in [2.24, 2.45) is 0 Å². The van der Waals surface area contributed by atoms with E-state index >= 15 is 0 Å². The molecule has 4 nitrogen and oxygen atoms in total. The van der Waals surface area contributed by atoms with E-state index in [2.05, 4.69) is 10.0 Å². The van der Waals surface area contributed by atoms with Crippen molar-refractivity contribution in [3.63, 3.8) is 0 Å². The van der Waals surface area contributed by atoms with Crippen molar-refractivity contribution in [1.82, 2.24) is 5.32 Å². The molecule has 0 aromatic heterocycles. The van der Waals surface area contributed by atoms with Crippen LogP contribution in [-0.2, 0) is 16.6 Å². The van der Waals surface area contributed by atoms with Gasteiger partial charge < -0.3 is 5.32 Å². The van der Waals surface area contributed by atoms with E-state index < -0.39 is 10.0 Å². The van der Waals surface area contributed by atoms with Gasteiger partial charge in [-0.25, -0.2) is 8.42 Å². The Bertz CT molecular complexity index is 740. The van der Waals surface area contributed by atoms with Gasteiger partial charge in [-0.05, 0) is 44.2 Å². The topological polar surface area (TPSA) is 58.2 Å². The zero-order chi connectivity index (χ0) is 15.5. The van der Waals surface area contributed by atoms with Crippen LogP contribution in [0.4, 0.5) is 5.69 Å². The Morgan fingerprint density at radius 1 is 1.05 bits per heavy atom. The average Bonchev–Trinajstić information content (AvgIpc) is 2.43. The predicted molar refractivity (Wildman–Crippen MR) is 85.9 cm³/mol. The van der Waals surface area contributed by atoms with E-state index in [1.807, 2.05) is 38.1 Å². The van der Waals surface area contributed by atoms with Crippen LogP contribution >= 0.6 is 0 Å². The largest absolute Gasteiger partial charge is 0.316 e. The van der Waals surface area contributed by atoms with Gasteiger partial charge in [0.2, 0.25) is 0 Å². The molecule has 0 aliphatic heterocycles. The molecule has 0 aliphatic carbocycles. The zero-order valence-electron chi connectivity index (χ0n) is 12.5. The second-order valence-corrected chi connectivity index (χ2v) is 6.71. The van der Waals surface area contributed by atoms with Gasteiger partial charge in [0.15, 0.2) is 0 Å². The molecule has 0 heterocycles. The lowest BCUT2D eigenvalue weighted by molar-refractivity contribution is 0.599. The van der Waals surface area contributed by atoms with Crippen LogP contribution in [0.15, 0.2) is 47.4 Å². The molecule has 2 rings (SSSR count). The standard InChI is InChI=1S/C16H20N2O2S/c1-12-8-9-15(13(2)10-12)18-21(19,20)16-7-5-4-6-14(16)11-17-3/h4-10,17-18H,11H2,1-3H3. The Labute approximate surface area is 126 Å². The molecule has 2 N–H and O–H groups in total. The number of anilines is 1. The third kappa shape index (κ3) is 3.62. The summed E-state index contributed by atoms with van der Waals surface area (Å²) in [6, 6.07) is 12.6. The maximum atomic E-state index is 12.6. The van der Waals surface area contributed by atoms with Gasteiger partial charge in [-0.2, -0.15) is 0 Å². The molecule has 112 valence electrons. The van der Waals surface area contributed by atoms with Crippen LogP contribution in [0.1, 0.15) is 16.7 Å². The maximum Gasteiger partial charge on any atom is 0.262 e. The summed E-state index contributed by atoms with van der Waals surface area (Å²) in [5.41, 5.74) is 3.37. The minimum Gasteiger partial charge on any atom is -0.316 e. The Morgan fingerprint density at radius 3 is 2.43 bits per heavy atom. The van der Waals surface area contributed by atoms with E-state index in [0.29, 0.717) is 17.1 Å². The summed E-state index contributed by atoms with van der Waals surface area (Å²) in [7, 11) is -1.80. The van der Waals surface area contributed by atoms with E-state index in [0.717, 1.165) is 16.7 Å². The van der Waals surface area contributed by atoms with Gasteiger partial charge in [0, 0.05) is 6.54 Å². The molecule has 0 radical (unpaired) electrons. The van der Waals surface area contributed by atoms with Crippen LogP contribution in [-0.4, -0.2) is 15.5 Å². The van der Waals surface area contributed by atoms with Crippen molar-refractivity contribution >= 4 is 15.7 Å². The summed E-state index contributed by atoms with van der Waals surface area (Å²) in [5.74, 6) is 0. The van der Waals surface area contributed by atoms with E-state index in [1.165, 1.54) is 0 Å². The first-order valence-electron chi connectivity index (χ1n) is 6.76. The molecular weight excluding hydrogens is 284 g/mol. The second kappa shape index (κ2) is 6.28. The van der Waals surface area contributed by atoms with Gasteiger partial charge in [-0.3, -0.25) is 4.72 Å². The molecule has 0 saturated heterocycles. The molecular formula is C16H20N2O2S. The van der Waals surface area contributed by atoms with Gasteiger partial charge in [0.1, 0.15) is 0 Å². The van der Waals surface area contributed by atoms with Crippen molar-refractivity contribution < 1.29 is 8.42 Å². The monoisotopic (exact) mass is 304 g/mol. The highest BCUT2D eigenvalue weighted by atomic mass is 32.2. The molecule has 0 fully saturated rings. The van der Waals surface area contributed by atoms with Crippen LogP contribution in [0.2, 0.25) is 0 Å². The van der Waals surface area contributed by atoms with Gasteiger partial charge in [-0.1, -0.05) is 35.9 Å². The highest BCUT2D eigenvalue weighted by molar-refractivity contribution is 7.92. The summed E-state index contributed by atoms with van der Waals surface area (Å²) in [4.78, 5) is 0.305. The van der Waals surface area contributed by atoms with E-state index in [9.17, 15) is 8.42 Å². The predicted octanol–water partition coefficient (Wildman–Crippen LogP) is 2.82. The first kappa shape index (κ1) is 15.5. The third-order valence-corrected chi connectivity index (χ3v) is 4.72. The zero-order valence-corrected chi connectivity index (χ0v) is 13.3. The summed E-state index contributed by atoms with van der Waals surface area (Å²) >= 11 is 0. The summed E-state index contributed by atoms with van der Waals surface area (Å²) in [6.07, 6.45) is 0. The van der Waals surface area contributed by atoms with Crippen LogP contribution < -0.4 is 10.0 Å². The SMILES string of the molecule is CNCc1ccccc1S(=O)(=O)Nc1ccc(C)cc1C. The quantitative estimate of drug-likeness (QED) is 0.893. The number of sulfonamides is 1. The Morgan fingerprint density at radius 2 is 1.76 bits per heavy atom. The molecule has 0 bridgehead atoms. The normalized spacial score (nSPS) is 11.4. The molecule has 0 amide bonds. The van der Waals surface area contributed by atoms with Gasteiger partial charge in [-0.15, -0.1) is 0 Å². The molecule has 0 saturated carbocycles. The minimum absolute atomic E-state index is 0.305. The van der Waals surface area contributed by atoms with Crippen LogP contribution in [0.5, 0.6) is 0 Å². The molecule has 0 atom stereocenters. The van der Waals surface area contributed by atoms with Crippen LogP contribution in [0.25, 0.3) is 0 Å². The third-order valence-electron chi connectivity index (χ3n) is 3.26. The molecule has 0 spiro atoms. The van der Waals surface area contributed by atoms with Crippen molar-refractivity contribution in [3.05, 3.63) is 59.2 Å². The highest BCUT2D eigenvalue weighted by Gasteiger charge is 2.18. The first-order valence-corrected chi connectivity index (χ1v) is 8.25. The van der Waals surface area contributed by atoms with Crippen LogP contribution in [0.3, 0.4) is 0 Å². The lowest BCUT2D eigenvalue weighted by Crippen LogP contribution is -2.17. The van der Waals surface area contributed by atoms with Crippen molar-refractivity contribution in [1.29, 1.82) is 0 Å². The summed E-state index contributed by atoms with van der Waals surface area (Å²) in [6.45, 7) is 4.38. The Balaban J connectivity index is 2.39. The average molecular weight is 304 g/mol. The number of hydrogen-bond donors (Lipinski definition) is 2. The number of nitrogens with one attached hydrogen (secondary N) is 2. The van der Waals surface area contributed by atoms with Gasteiger partial charge in [0.05, 0.1) is 10.6 Å².